The number of ether oxygens (including phenoxy) is 1. The quantitative estimate of drug-likeness (QED) is 0.581. The van der Waals surface area contributed by atoms with Gasteiger partial charge in [-0.25, -0.2) is 0 Å². The van der Waals surface area contributed by atoms with Gasteiger partial charge in [-0.1, -0.05) is 13.0 Å². The van der Waals surface area contributed by atoms with E-state index in [1.807, 2.05) is 11.8 Å². The predicted molar refractivity (Wildman–Crippen MR) is 120 cm³/mol. The van der Waals surface area contributed by atoms with E-state index in [2.05, 4.69) is 4.90 Å². The summed E-state index contributed by atoms with van der Waals surface area (Å²) in [5.74, 6) is 0.650. The summed E-state index contributed by atoms with van der Waals surface area (Å²) in [5.41, 5.74) is 0.546. The largest absolute Gasteiger partial charge is 0.491 e. The Balaban J connectivity index is 0.00000363. The van der Waals surface area contributed by atoms with E-state index in [1.165, 1.54) is 12.1 Å². The maximum atomic E-state index is 12.9. The third kappa shape index (κ3) is 7.12. The fourth-order valence-corrected chi connectivity index (χ4v) is 3.55. The lowest BCUT2D eigenvalue weighted by Crippen LogP contribution is -2.49. The maximum absolute atomic E-state index is 12.9. The maximum Gasteiger partial charge on any atom is 0.416 e. The van der Waals surface area contributed by atoms with Crippen LogP contribution in [0.2, 0.25) is 0 Å². The summed E-state index contributed by atoms with van der Waals surface area (Å²) < 4.78 is 44.4. The predicted octanol–water partition coefficient (Wildman–Crippen LogP) is 4.28. The number of piperazine rings is 1. The van der Waals surface area contributed by atoms with E-state index in [0.29, 0.717) is 56.1 Å². The molecule has 1 saturated heterocycles. The van der Waals surface area contributed by atoms with Crippen LogP contribution in [0, 0.1) is 0 Å². The van der Waals surface area contributed by atoms with Crippen molar-refractivity contribution >= 4 is 23.9 Å². The van der Waals surface area contributed by atoms with Crippen molar-refractivity contribution < 1.29 is 27.8 Å². The van der Waals surface area contributed by atoms with Crippen molar-refractivity contribution in [1.29, 1.82) is 0 Å². The Labute approximate surface area is 192 Å². The Morgan fingerprint density at radius 2 is 1.75 bits per heavy atom. The smallest absolute Gasteiger partial charge is 0.416 e. The molecule has 3 rings (SSSR count). The van der Waals surface area contributed by atoms with Crippen molar-refractivity contribution in [2.75, 3.05) is 44.2 Å². The Morgan fingerprint density at radius 1 is 1.09 bits per heavy atom. The number of Topliss-reactive ketones (excluding diaryl/α,β-unsaturated/α-hetero) is 1. The topological polar surface area (TPSA) is 53.0 Å². The van der Waals surface area contributed by atoms with Crippen molar-refractivity contribution in [3.8, 4) is 5.75 Å². The van der Waals surface area contributed by atoms with Crippen molar-refractivity contribution in [2.45, 2.75) is 25.6 Å². The normalized spacial score (nSPS) is 15.7. The molecule has 1 aliphatic rings. The standard InChI is InChI=1S/C23H27F3N2O3.ClH/c1-2-22(30)17-6-8-21(9-7-17)31-16-20(29)15-27-10-12-28(13-11-27)19-5-3-4-18(14-19)23(24,25)26;/h3-9,14,20,29H,2,10-13,15-16H2,1H3;1H. The minimum absolute atomic E-state index is 0. The average Bonchev–Trinajstić information content (AvgIpc) is 2.77. The van der Waals surface area contributed by atoms with E-state index >= 15 is 0 Å². The number of anilines is 1. The molecule has 1 N–H and O–H groups in total. The Morgan fingerprint density at radius 3 is 2.34 bits per heavy atom. The number of ketones is 1. The lowest BCUT2D eigenvalue weighted by molar-refractivity contribution is -0.137. The van der Waals surface area contributed by atoms with Crippen molar-refractivity contribution in [3.63, 3.8) is 0 Å². The molecule has 1 atom stereocenters. The van der Waals surface area contributed by atoms with Gasteiger partial charge in [-0.3, -0.25) is 9.69 Å². The van der Waals surface area contributed by atoms with Gasteiger partial charge in [0.05, 0.1) is 5.56 Å². The summed E-state index contributed by atoms with van der Waals surface area (Å²) in [6.45, 7) is 4.80. The Hall–Kier alpha value is -2.29. The Bertz CT molecular complexity index is 870. The Kier molecular flexibility index (Phi) is 9.36. The highest BCUT2D eigenvalue weighted by molar-refractivity contribution is 5.95. The molecule has 0 aliphatic carbocycles. The highest BCUT2D eigenvalue weighted by atomic mass is 35.5. The average molecular weight is 473 g/mol. The fourth-order valence-electron chi connectivity index (χ4n) is 3.55. The molecule has 1 unspecified atom stereocenters. The van der Waals surface area contributed by atoms with E-state index in [9.17, 15) is 23.1 Å². The van der Waals surface area contributed by atoms with Crippen LogP contribution in [0.4, 0.5) is 18.9 Å². The van der Waals surface area contributed by atoms with Gasteiger partial charge in [-0.05, 0) is 42.5 Å². The molecule has 2 aromatic carbocycles. The lowest BCUT2D eigenvalue weighted by atomic mass is 10.1. The second kappa shape index (κ2) is 11.5. The third-order valence-electron chi connectivity index (χ3n) is 5.32. The molecule has 5 nitrogen and oxygen atoms in total. The number of benzene rings is 2. The van der Waals surface area contributed by atoms with Gasteiger partial charge in [0.25, 0.3) is 0 Å². The van der Waals surface area contributed by atoms with Crippen molar-refractivity contribution in [2.24, 2.45) is 0 Å². The number of hydrogen-bond acceptors (Lipinski definition) is 5. The van der Waals surface area contributed by atoms with Crippen LogP contribution in [0.1, 0.15) is 29.3 Å². The molecule has 0 bridgehead atoms. The first-order valence-electron chi connectivity index (χ1n) is 10.3. The molecular weight excluding hydrogens is 445 g/mol. The van der Waals surface area contributed by atoms with E-state index in [-0.39, 0.29) is 24.8 Å². The zero-order valence-corrected chi connectivity index (χ0v) is 18.7. The SMILES string of the molecule is CCC(=O)c1ccc(OCC(O)CN2CCN(c3cccc(C(F)(F)F)c3)CC2)cc1.Cl. The fraction of sp³-hybridized carbons (Fsp3) is 0.435. The van der Waals surface area contributed by atoms with Gasteiger partial charge in [0.2, 0.25) is 0 Å². The number of nitrogens with zero attached hydrogens (tertiary/aromatic N) is 2. The summed E-state index contributed by atoms with van der Waals surface area (Å²) >= 11 is 0. The second-order valence-corrected chi connectivity index (χ2v) is 7.60. The van der Waals surface area contributed by atoms with Crippen LogP contribution in [-0.4, -0.2) is 61.2 Å². The minimum Gasteiger partial charge on any atom is -0.491 e. The zero-order chi connectivity index (χ0) is 22.4. The van der Waals surface area contributed by atoms with E-state index in [1.54, 1.807) is 30.3 Å². The molecule has 9 heteroatoms. The summed E-state index contributed by atoms with van der Waals surface area (Å²) in [6.07, 6.45) is -4.61. The molecule has 0 amide bonds. The lowest BCUT2D eigenvalue weighted by Gasteiger charge is -2.37. The van der Waals surface area contributed by atoms with Crippen LogP contribution in [0.25, 0.3) is 0 Å². The summed E-state index contributed by atoms with van der Waals surface area (Å²) in [6, 6.07) is 12.2. The second-order valence-electron chi connectivity index (χ2n) is 7.60. The summed E-state index contributed by atoms with van der Waals surface area (Å²) in [5, 5.41) is 10.3. The molecule has 1 aliphatic heterocycles. The van der Waals surface area contributed by atoms with Crippen LogP contribution in [0.5, 0.6) is 5.75 Å². The first kappa shape index (κ1) is 26.0. The number of halogens is 4. The van der Waals surface area contributed by atoms with Crippen LogP contribution < -0.4 is 9.64 Å². The van der Waals surface area contributed by atoms with E-state index in [4.69, 9.17) is 4.74 Å². The number of carbonyl (C=O) groups excluding carboxylic acids is 1. The van der Waals surface area contributed by atoms with Gasteiger partial charge in [0.1, 0.15) is 18.5 Å². The van der Waals surface area contributed by atoms with Gasteiger partial charge in [-0.2, -0.15) is 13.2 Å². The molecular formula is C23H28ClF3N2O3. The van der Waals surface area contributed by atoms with Gasteiger partial charge in [0, 0.05) is 50.4 Å². The molecule has 32 heavy (non-hydrogen) atoms. The van der Waals surface area contributed by atoms with E-state index in [0.717, 1.165) is 6.07 Å². The number of aliphatic hydroxyl groups excluding tert-OH is 1. The van der Waals surface area contributed by atoms with Gasteiger partial charge < -0.3 is 14.7 Å². The molecule has 0 aromatic heterocycles. The van der Waals surface area contributed by atoms with Crippen LogP contribution in [0.15, 0.2) is 48.5 Å². The first-order valence-corrected chi connectivity index (χ1v) is 10.3. The highest BCUT2D eigenvalue weighted by Crippen LogP contribution is 2.31. The molecule has 1 heterocycles. The molecule has 0 radical (unpaired) electrons. The monoisotopic (exact) mass is 472 g/mol. The third-order valence-corrected chi connectivity index (χ3v) is 5.32. The number of carbonyl (C=O) groups is 1. The summed E-state index contributed by atoms with van der Waals surface area (Å²) in [7, 11) is 0. The van der Waals surface area contributed by atoms with Crippen LogP contribution >= 0.6 is 12.4 Å². The van der Waals surface area contributed by atoms with Crippen molar-refractivity contribution in [3.05, 3.63) is 59.7 Å². The minimum atomic E-state index is -4.35. The van der Waals surface area contributed by atoms with Gasteiger partial charge in [0.15, 0.2) is 5.78 Å². The number of hydrogen-bond donors (Lipinski definition) is 1. The molecule has 0 saturated carbocycles. The van der Waals surface area contributed by atoms with Crippen LogP contribution in [0.3, 0.4) is 0 Å². The molecule has 0 spiro atoms. The number of β-amino-alcohol motifs (C(OH)–C–C–N with tert-alkyl or cyclic N) is 1. The van der Waals surface area contributed by atoms with Gasteiger partial charge >= 0.3 is 6.18 Å². The van der Waals surface area contributed by atoms with E-state index < -0.39 is 17.8 Å². The van der Waals surface area contributed by atoms with Crippen LogP contribution in [-0.2, 0) is 6.18 Å². The first-order chi connectivity index (χ1) is 14.8. The zero-order valence-electron chi connectivity index (χ0n) is 17.8. The van der Waals surface area contributed by atoms with Crippen molar-refractivity contribution in [1.82, 2.24) is 4.90 Å². The number of aliphatic hydroxyl groups is 1. The van der Waals surface area contributed by atoms with Gasteiger partial charge in [-0.15, -0.1) is 12.4 Å². The number of alkyl halides is 3. The summed E-state index contributed by atoms with van der Waals surface area (Å²) in [4.78, 5) is 15.6. The molecule has 176 valence electrons. The molecule has 1 fully saturated rings. The number of rotatable bonds is 8. The highest BCUT2D eigenvalue weighted by Gasteiger charge is 2.31. The molecule has 2 aromatic rings.